The van der Waals surface area contributed by atoms with E-state index in [0.29, 0.717) is 5.92 Å². The molecular weight excluding hydrogens is 801 g/mol. The number of ketones is 1. The summed E-state index contributed by atoms with van der Waals surface area (Å²) < 4.78 is 3.33. The Morgan fingerprint density at radius 1 is 0.939 bits per heavy atom. The van der Waals surface area contributed by atoms with Crippen LogP contribution in [-0.4, -0.2) is 15.9 Å². The molecular formula is C43H49IrN2O2S-. The zero-order chi connectivity index (χ0) is 34.5. The minimum Gasteiger partial charge on any atom is -0.512 e. The van der Waals surface area contributed by atoms with E-state index in [9.17, 15) is 9.90 Å². The topological polar surface area (TPSA) is 54.1 Å². The van der Waals surface area contributed by atoms with Crippen LogP contribution in [0.4, 0.5) is 0 Å². The summed E-state index contributed by atoms with van der Waals surface area (Å²) in [6, 6.07) is 25.5. The van der Waals surface area contributed by atoms with Gasteiger partial charge in [-0.05, 0) is 82.6 Å². The molecule has 1 radical (unpaired) electrons. The molecule has 0 fully saturated rings. The van der Waals surface area contributed by atoms with Crippen molar-refractivity contribution in [3.05, 3.63) is 103 Å². The van der Waals surface area contributed by atoms with Gasteiger partial charge in [0.15, 0.2) is 5.78 Å². The molecule has 0 atom stereocenters. The number of fused-ring (bicyclic) bond motifs is 6. The van der Waals surface area contributed by atoms with Crippen molar-refractivity contribution in [2.24, 2.45) is 17.8 Å². The van der Waals surface area contributed by atoms with Crippen LogP contribution >= 0.6 is 11.3 Å². The van der Waals surface area contributed by atoms with Gasteiger partial charge in [0, 0.05) is 56.6 Å². The summed E-state index contributed by atoms with van der Waals surface area (Å²) in [7, 11) is 4.53. The number of hydrogen-bond donors (Lipinski definition) is 1. The fourth-order valence-electron chi connectivity index (χ4n) is 6.82. The van der Waals surface area contributed by atoms with Crippen LogP contribution in [0.3, 0.4) is 0 Å². The van der Waals surface area contributed by atoms with E-state index in [-0.39, 0.29) is 43.5 Å². The number of allylic oxidation sites excluding steroid dienone is 2. The molecule has 0 amide bonds. The van der Waals surface area contributed by atoms with Crippen molar-refractivity contribution in [3.63, 3.8) is 0 Å². The Hall–Kier alpha value is -3.57. The van der Waals surface area contributed by atoms with E-state index in [1.165, 1.54) is 43.3 Å². The number of carbonyl (C=O) groups is 1. The molecule has 6 rings (SSSR count). The van der Waals surface area contributed by atoms with Gasteiger partial charge in [0.2, 0.25) is 0 Å². The first-order valence-electron chi connectivity index (χ1n) is 17.5. The predicted octanol–water partition coefficient (Wildman–Crippen LogP) is 11.5. The number of carbonyl (C=O) groups excluding carboxylic acids is 1. The molecule has 6 aromatic rings. The second-order valence-electron chi connectivity index (χ2n) is 13.3. The minimum absolute atomic E-state index is 0. The van der Waals surface area contributed by atoms with Gasteiger partial charge in [-0.25, -0.2) is 4.98 Å². The fraction of sp³-hybridized carbons (Fsp3) is 0.349. The van der Waals surface area contributed by atoms with Gasteiger partial charge in [0.05, 0.1) is 5.76 Å². The molecule has 0 saturated heterocycles. The summed E-state index contributed by atoms with van der Waals surface area (Å²) in [5.41, 5.74) is 5.87. The number of thiophene rings is 1. The van der Waals surface area contributed by atoms with Gasteiger partial charge in [0.1, 0.15) is 16.0 Å². The molecule has 1 N–H and O–H groups in total. The summed E-state index contributed by atoms with van der Waals surface area (Å²) >= 11 is 1.74. The third-order valence-corrected chi connectivity index (χ3v) is 10.6. The zero-order valence-corrected chi connectivity index (χ0v) is 33.1. The van der Waals surface area contributed by atoms with E-state index in [0.717, 1.165) is 59.3 Å². The summed E-state index contributed by atoms with van der Waals surface area (Å²) in [5.74, 6) is 1.10. The normalized spacial score (nSPS) is 11.9. The van der Waals surface area contributed by atoms with Crippen LogP contribution < -0.4 is 4.57 Å². The maximum absolute atomic E-state index is 11.7. The number of pyridine rings is 2. The molecule has 3 aromatic heterocycles. The monoisotopic (exact) mass is 850 g/mol. The Kier molecular flexibility index (Phi) is 13.2. The van der Waals surface area contributed by atoms with Crippen molar-refractivity contribution >= 4 is 59.1 Å². The second-order valence-corrected chi connectivity index (χ2v) is 14.3. The summed E-state index contributed by atoms with van der Waals surface area (Å²) in [4.78, 5) is 17.4. The van der Waals surface area contributed by atoms with E-state index in [2.05, 4.69) is 98.0 Å². The van der Waals surface area contributed by atoms with E-state index >= 15 is 0 Å². The molecule has 0 spiro atoms. The standard InChI is InChI=1S/C30H25N2S.C13H24O2.Ir/c1-18(2)14-21-17-27(32(4)26-12-11-20-8-5-6-9-22(20)28(21)26)25-16-19(3)15-24-23-10-7-13-31-30(23)33-29(24)25;1-5-10(6-2)12(14)9-13(15)11(7-3)8-4;/h5-13,15,17-18H,4,14H2,1-3H3;9-11,14H,5-8H2,1-4H3;/q-1;;/b;12-9-;. The quantitative estimate of drug-likeness (QED) is 0.0491. The van der Waals surface area contributed by atoms with Crippen molar-refractivity contribution in [2.45, 2.75) is 80.6 Å². The summed E-state index contributed by atoms with van der Waals surface area (Å²) in [5, 5.41) is 16.1. The molecule has 6 heteroatoms. The van der Waals surface area contributed by atoms with Crippen molar-refractivity contribution in [1.29, 1.82) is 0 Å². The van der Waals surface area contributed by atoms with Crippen LogP contribution in [0, 0.1) is 37.8 Å². The summed E-state index contributed by atoms with van der Waals surface area (Å²) in [6.45, 7) is 14.8. The third kappa shape index (κ3) is 8.09. The van der Waals surface area contributed by atoms with Crippen LogP contribution in [0.2, 0.25) is 0 Å². The van der Waals surface area contributed by atoms with Crippen molar-refractivity contribution in [1.82, 2.24) is 4.98 Å². The molecule has 0 unspecified atom stereocenters. The van der Waals surface area contributed by atoms with E-state index in [1.54, 1.807) is 11.3 Å². The van der Waals surface area contributed by atoms with Crippen molar-refractivity contribution in [3.8, 4) is 11.3 Å². The average Bonchev–Trinajstić information content (AvgIpc) is 3.45. The van der Waals surface area contributed by atoms with Crippen LogP contribution in [0.5, 0.6) is 0 Å². The van der Waals surface area contributed by atoms with Gasteiger partial charge in [-0.2, -0.15) is 11.3 Å². The van der Waals surface area contributed by atoms with Gasteiger partial charge >= 0.3 is 0 Å². The largest absolute Gasteiger partial charge is 0.512 e. The molecule has 0 aliphatic rings. The first-order valence-corrected chi connectivity index (χ1v) is 18.3. The molecule has 0 aliphatic carbocycles. The van der Waals surface area contributed by atoms with Crippen LogP contribution in [0.1, 0.15) is 78.4 Å². The number of nitrogens with zero attached hydrogens (tertiary/aromatic N) is 2. The van der Waals surface area contributed by atoms with Crippen molar-refractivity contribution in [2.75, 3.05) is 0 Å². The first kappa shape index (κ1) is 38.2. The molecule has 3 aromatic carbocycles. The van der Waals surface area contributed by atoms with Crippen LogP contribution in [0.25, 0.3) is 53.2 Å². The van der Waals surface area contributed by atoms with E-state index < -0.39 is 0 Å². The number of aromatic nitrogens is 2. The maximum atomic E-state index is 11.7. The Morgan fingerprint density at radius 3 is 2.29 bits per heavy atom. The Morgan fingerprint density at radius 2 is 1.61 bits per heavy atom. The van der Waals surface area contributed by atoms with Crippen molar-refractivity contribution < 1.29 is 34.6 Å². The predicted molar refractivity (Wildman–Crippen MR) is 205 cm³/mol. The van der Waals surface area contributed by atoms with E-state index in [4.69, 9.17) is 0 Å². The smallest absolute Gasteiger partial charge is 0.162 e. The minimum atomic E-state index is 0. The number of benzene rings is 3. The zero-order valence-electron chi connectivity index (χ0n) is 29.9. The number of hydrogen-bond acceptors (Lipinski definition) is 4. The SMILES string of the molecule is CCC(CC)C(=O)/C=C(\O)C(CC)CC.[CH2-][n+]1c(-c2[c-]c(C)cc3c2sc2ncccc23)cc(CC(C)C)c2c3ccccc3ccc21.[Ir]. The number of aliphatic hydroxyl groups is 1. The van der Waals surface area contributed by atoms with Crippen LogP contribution in [0.15, 0.2) is 78.7 Å². The van der Waals surface area contributed by atoms with E-state index in [1.807, 2.05) is 40.0 Å². The molecule has 4 nitrogen and oxygen atoms in total. The van der Waals surface area contributed by atoms with Gasteiger partial charge in [0.25, 0.3) is 0 Å². The Balaban J connectivity index is 0.000000290. The molecule has 0 bridgehead atoms. The Labute approximate surface area is 309 Å². The molecule has 3 heterocycles. The van der Waals surface area contributed by atoms with Crippen LogP contribution in [-0.2, 0) is 31.3 Å². The number of aliphatic hydroxyl groups excluding tert-OH is 1. The third-order valence-electron chi connectivity index (χ3n) is 9.50. The fourth-order valence-corrected chi connectivity index (χ4v) is 7.95. The number of aryl methyl sites for hydroxylation is 1. The Bertz CT molecular complexity index is 2100. The molecule has 0 saturated carbocycles. The van der Waals surface area contributed by atoms with Gasteiger partial charge in [-0.1, -0.05) is 95.8 Å². The molecule has 259 valence electrons. The van der Waals surface area contributed by atoms with Gasteiger partial charge in [-0.3, -0.25) is 4.79 Å². The molecule has 49 heavy (non-hydrogen) atoms. The second kappa shape index (κ2) is 16.9. The maximum Gasteiger partial charge on any atom is 0.162 e. The molecule has 0 aliphatic heterocycles. The number of rotatable bonds is 10. The van der Waals surface area contributed by atoms with Gasteiger partial charge < -0.3 is 9.67 Å². The average molecular weight is 850 g/mol. The first-order chi connectivity index (χ1) is 23.1. The summed E-state index contributed by atoms with van der Waals surface area (Å²) in [6.07, 6.45) is 7.79. The van der Waals surface area contributed by atoms with Gasteiger partial charge in [-0.15, -0.1) is 17.7 Å².